The third-order valence-corrected chi connectivity index (χ3v) is 2.89. The Bertz CT molecular complexity index is 777. The number of fused-ring (bicyclic) bond motifs is 1. The average molecular weight is 253 g/mol. The Hall–Kier alpha value is -2.69. The summed E-state index contributed by atoms with van der Waals surface area (Å²) < 4.78 is 1.55. The summed E-state index contributed by atoms with van der Waals surface area (Å²) in [7, 11) is 0. The molecule has 5 nitrogen and oxygen atoms in total. The van der Waals surface area contributed by atoms with Crippen molar-refractivity contribution in [3.05, 3.63) is 53.9 Å². The first-order chi connectivity index (χ1) is 9.16. The lowest BCUT2D eigenvalue weighted by Crippen LogP contribution is -1.97. The molecule has 5 heteroatoms. The molecular formula is C14H11N3O2. The Morgan fingerprint density at radius 1 is 1.26 bits per heavy atom. The van der Waals surface area contributed by atoms with E-state index in [1.54, 1.807) is 22.8 Å². The van der Waals surface area contributed by atoms with Gasteiger partial charge in [-0.05, 0) is 25.1 Å². The summed E-state index contributed by atoms with van der Waals surface area (Å²) >= 11 is 0. The van der Waals surface area contributed by atoms with Crippen LogP contribution in [0.3, 0.4) is 0 Å². The number of hydrogen-bond donors (Lipinski definition) is 1. The summed E-state index contributed by atoms with van der Waals surface area (Å²) in [5.41, 5.74) is 2.44. The van der Waals surface area contributed by atoms with E-state index in [4.69, 9.17) is 0 Å². The first-order valence-corrected chi connectivity index (χ1v) is 5.81. The van der Waals surface area contributed by atoms with Gasteiger partial charge in [-0.3, -0.25) is 0 Å². The molecule has 0 bridgehead atoms. The zero-order chi connectivity index (χ0) is 13.4. The maximum Gasteiger partial charge on any atom is 0.356 e. The summed E-state index contributed by atoms with van der Waals surface area (Å²) in [6, 6.07) is 11.1. The molecule has 0 radical (unpaired) electrons. The van der Waals surface area contributed by atoms with Crippen molar-refractivity contribution in [3.63, 3.8) is 0 Å². The number of rotatable bonds is 2. The number of carboxylic acids is 1. The summed E-state index contributed by atoms with van der Waals surface area (Å²) in [6.07, 6.45) is 1.61. The quantitative estimate of drug-likeness (QED) is 0.761. The van der Waals surface area contributed by atoms with Crippen LogP contribution in [-0.2, 0) is 0 Å². The predicted molar refractivity (Wildman–Crippen MR) is 70.1 cm³/mol. The molecule has 0 unspecified atom stereocenters. The highest BCUT2D eigenvalue weighted by Gasteiger charge is 2.18. The van der Waals surface area contributed by atoms with E-state index in [1.165, 1.54) is 0 Å². The second kappa shape index (κ2) is 4.20. The molecule has 0 aliphatic rings. The normalized spacial score (nSPS) is 10.8. The van der Waals surface area contributed by atoms with Gasteiger partial charge in [-0.2, -0.15) is 5.10 Å². The number of imidazole rings is 1. The molecule has 0 amide bonds. The SMILES string of the molecule is Cc1cccc(-c2nc(C(=O)O)c3cccnn23)c1. The first kappa shape index (κ1) is 11.4. The van der Waals surface area contributed by atoms with Gasteiger partial charge < -0.3 is 5.11 Å². The first-order valence-electron chi connectivity index (χ1n) is 5.81. The van der Waals surface area contributed by atoms with E-state index in [2.05, 4.69) is 10.1 Å². The van der Waals surface area contributed by atoms with Crippen LogP contribution in [0.5, 0.6) is 0 Å². The highest BCUT2D eigenvalue weighted by molar-refractivity contribution is 5.94. The number of aromatic carboxylic acids is 1. The van der Waals surface area contributed by atoms with Gasteiger partial charge in [0.2, 0.25) is 0 Å². The van der Waals surface area contributed by atoms with Crippen LogP contribution in [0.25, 0.3) is 16.9 Å². The monoisotopic (exact) mass is 253 g/mol. The summed E-state index contributed by atoms with van der Waals surface area (Å²) in [4.78, 5) is 15.4. The molecule has 0 fully saturated rings. The molecule has 0 aliphatic carbocycles. The van der Waals surface area contributed by atoms with Gasteiger partial charge in [0.1, 0.15) is 5.52 Å². The van der Waals surface area contributed by atoms with Crippen LogP contribution in [0, 0.1) is 6.92 Å². The van der Waals surface area contributed by atoms with Crippen molar-refractivity contribution in [2.75, 3.05) is 0 Å². The molecule has 0 aliphatic heterocycles. The highest BCUT2D eigenvalue weighted by Crippen LogP contribution is 2.22. The van der Waals surface area contributed by atoms with Crippen LogP contribution in [0.1, 0.15) is 16.1 Å². The zero-order valence-electron chi connectivity index (χ0n) is 10.2. The molecule has 0 spiro atoms. The Morgan fingerprint density at radius 2 is 2.11 bits per heavy atom. The Balaban J connectivity index is 2.33. The second-order valence-electron chi connectivity index (χ2n) is 4.28. The minimum atomic E-state index is -1.05. The number of aryl methyl sites for hydroxylation is 1. The molecule has 0 saturated heterocycles. The summed E-state index contributed by atoms with van der Waals surface area (Å²) in [6.45, 7) is 1.98. The van der Waals surface area contributed by atoms with Crippen LogP contribution in [-0.4, -0.2) is 25.7 Å². The minimum absolute atomic E-state index is 0.0182. The van der Waals surface area contributed by atoms with Crippen LogP contribution in [0.2, 0.25) is 0 Å². The smallest absolute Gasteiger partial charge is 0.356 e. The number of carboxylic acid groups (broad SMARTS) is 1. The largest absolute Gasteiger partial charge is 0.476 e. The standard InChI is InChI=1S/C14H11N3O2/c1-9-4-2-5-10(8-9)13-16-12(14(18)19)11-6-3-7-15-17(11)13/h2-8H,1H3,(H,18,19). The lowest BCUT2D eigenvalue weighted by molar-refractivity contribution is 0.0693. The van der Waals surface area contributed by atoms with Crippen molar-refractivity contribution in [1.82, 2.24) is 14.6 Å². The van der Waals surface area contributed by atoms with E-state index in [0.717, 1.165) is 11.1 Å². The molecule has 0 saturated carbocycles. The minimum Gasteiger partial charge on any atom is -0.476 e. The van der Waals surface area contributed by atoms with Gasteiger partial charge >= 0.3 is 5.97 Å². The lowest BCUT2D eigenvalue weighted by atomic mass is 10.1. The van der Waals surface area contributed by atoms with Gasteiger partial charge in [0.15, 0.2) is 11.5 Å². The van der Waals surface area contributed by atoms with E-state index in [1.807, 2.05) is 31.2 Å². The van der Waals surface area contributed by atoms with Crippen molar-refractivity contribution in [2.24, 2.45) is 0 Å². The van der Waals surface area contributed by atoms with Crippen molar-refractivity contribution in [3.8, 4) is 11.4 Å². The van der Waals surface area contributed by atoms with Gasteiger partial charge in [0, 0.05) is 11.8 Å². The molecule has 94 valence electrons. The number of aromatic nitrogens is 3. The molecular weight excluding hydrogens is 242 g/mol. The van der Waals surface area contributed by atoms with Gasteiger partial charge in [0.25, 0.3) is 0 Å². The van der Waals surface area contributed by atoms with Gasteiger partial charge in [0.05, 0.1) is 0 Å². The third-order valence-electron chi connectivity index (χ3n) is 2.89. The maximum atomic E-state index is 11.2. The molecule has 19 heavy (non-hydrogen) atoms. The van der Waals surface area contributed by atoms with Crippen LogP contribution in [0.15, 0.2) is 42.6 Å². The predicted octanol–water partition coefficient (Wildman–Crippen LogP) is 2.40. The van der Waals surface area contributed by atoms with Gasteiger partial charge in [-0.15, -0.1) is 0 Å². The fraction of sp³-hybridized carbons (Fsp3) is 0.0714. The number of hydrogen-bond acceptors (Lipinski definition) is 3. The van der Waals surface area contributed by atoms with E-state index in [0.29, 0.717) is 11.3 Å². The molecule has 3 rings (SSSR count). The Morgan fingerprint density at radius 3 is 2.84 bits per heavy atom. The number of nitrogens with zero attached hydrogens (tertiary/aromatic N) is 3. The second-order valence-corrected chi connectivity index (χ2v) is 4.28. The van der Waals surface area contributed by atoms with Crippen molar-refractivity contribution in [2.45, 2.75) is 6.92 Å². The lowest BCUT2D eigenvalue weighted by Gasteiger charge is -2.00. The number of benzene rings is 1. The molecule has 1 aromatic carbocycles. The summed E-state index contributed by atoms with van der Waals surface area (Å²) in [5.74, 6) is -0.513. The Kier molecular flexibility index (Phi) is 2.52. The van der Waals surface area contributed by atoms with Crippen LogP contribution >= 0.6 is 0 Å². The Labute approximate surface area is 109 Å². The third kappa shape index (κ3) is 1.85. The fourth-order valence-corrected chi connectivity index (χ4v) is 2.06. The number of carbonyl (C=O) groups is 1. The fourth-order valence-electron chi connectivity index (χ4n) is 2.06. The van der Waals surface area contributed by atoms with Gasteiger partial charge in [-0.25, -0.2) is 14.3 Å². The average Bonchev–Trinajstić information content (AvgIpc) is 2.78. The van der Waals surface area contributed by atoms with E-state index in [-0.39, 0.29) is 5.69 Å². The topological polar surface area (TPSA) is 67.5 Å². The van der Waals surface area contributed by atoms with Crippen molar-refractivity contribution >= 4 is 11.5 Å². The van der Waals surface area contributed by atoms with Crippen molar-refractivity contribution < 1.29 is 9.90 Å². The van der Waals surface area contributed by atoms with Gasteiger partial charge in [-0.1, -0.05) is 23.8 Å². The molecule has 2 heterocycles. The van der Waals surface area contributed by atoms with E-state index >= 15 is 0 Å². The molecule has 3 aromatic rings. The van der Waals surface area contributed by atoms with Crippen LogP contribution < -0.4 is 0 Å². The van der Waals surface area contributed by atoms with Crippen molar-refractivity contribution in [1.29, 1.82) is 0 Å². The molecule has 2 aromatic heterocycles. The van der Waals surface area contributed by atoms with E-state index in [9.17, 15) is 9.90 Å². The maximum absolute atomic E-state index is 11.2. The highest BCUT2D eigenvalue weighted by atomic mass is 16.4. The summed E-state index contributed by atoms with van der Waals surface area (Å²) in [5, 5.41) is 13.4. The van der Waals surface area contributed by atoms with Crippen LogP contribution in [0.4, 0.5) is 0 Å². The van der Waals surface area contributed by atoms with E-state index < -0.39 is 5.97 Å². The molecule has 1 N–H and O–H groups in total. The zero-order valence-corrected chi connectivity index (χ0v) is 10.2. The molecule has 0 atom stereocenters.